The molecule has 1 N–H and O–H groups in total. The molecule has 0 radical (unpaired) electrons. The number of nitrogens with zero attached hydrogens (tertiary/aromatic N) is 2. The molecule has 0 aromatic heterocycles. The number of amides is 1. The zero-order chi connectivity index (χ0) is 14.7. The molecule has 1 amide bonds. The maximum absolute atomic E-state index is 12.5. The van der Waals surface area contributed by atoms with E-state index in [0.717, 1.165) is 45.3 Å². The highest BCUT2D eigenvalue weighted by atomic mass is 16.2. The summed E-state index contributed by atoms with van der Waals surface area (Å²) >= 11 is 0. The average molecular weight is 287 g/mol. The van der Waals surface area contributed by atoms with Gasteiger partial charge in [-0.3, -0.25) is 4.79 Å². The average Bonchev–Trinajstić information content (AvgIpc) is 3.09. The lowest BCUT2D eigenvalue weighted by molar-refractivity contribution is -0.134. The Morgan fingerprint density at radius 2 is 2.05 bits per heavy atom. The van der Waals surface area contributed by atoms with Crippen molar-refractivity contribution in [1.82, 2.24) is 10.2 Å². The molecule has 0 aliphatic carbocycles. The van der Waals surface area contributed by atoms with Gasteiger partial charge in [0.1, 0.15) is 0 Å². The van der Waals surface area contributed by atoms with Gasteiger partial charge in [-0.05, 0) is 44.4 Å². The van der Waals surface area contributed by atoms with Gasteiger partial charge in [0.2, 0.25) is 5.91 Å². The van der Waals surface area contributed by atoms with Crippen molar-refractivity contribution in [3.05, 3.63) is 30.3 Å². The lowest BCUT2D eigenvalue weighted by Gasteiger charge is -2.39. The molecule has 4 heteroatoms. The summed E-state index contributed by atoms with van der Waals surface area (Å²) in [4.78, 5) is 16.9. The number of hydrogen-bond donors (Lipinski definition) is 1. The van der Waals surface area contributed by atoms with E-state index in [1.807, 2.05) is 18.0 Å². The molecule has 2 aliphatic heterocycles. The van der Waals surface area contributed by atoms with E-state index in [1.165, 1.54) is 5.69 Å². The summed E-state index contributed by atoms with van der Waals surface area (Å²) < 4.78 is 0. The first-order valence-corrected chi connectivity index (χ1v) is 8.06. The SMILES string of the molecule is CN(C(=O)C1CCCN1)C1CCCN(c2ccccc2)C1. The normalized spacial score (nSPS) is 25.9. The fraction of sp³-hybridized carbons (Fsp3) is 0.588. The summed E-state index contributed by atoms with van der Waals surface area (Å²) in [5, 5.41) is 3.31. The van der Waals surface area contributed by atoms with Gasteiger partial charge in [0.05, 0.1) is 6.04 Å². The zero-order valence-corrected chi connectivity index (χ0v) is 12.8. The number of nitrogens with one attached hydrogen (secondary N) is 1. The van der Waals surface area contributed by atoms with Gasteiger partial charge in [0, 0.05) is 31.9 Å². The van der Waals surface area contributed by atoms with Crippen molar-refractivity contribution >= 4 is 11.6 Å². The maximum Gasteiger partial charge on any atom is 0.239 e. The number of benzene rings is 1. The van der Waals surface area contributed by atoms with E-state index >= 15 is 0 Å². The summed E-state index contributed by atoms with van der Waals surface area (Å²) in [6.07, 6.45) is 4.36. The molecule has 4 nitrogen and oxygen atoms in total. The van der Waals surface area contributed by atoms with Crippen molar-refractivity contribution in [1.29, 1.82) is 0 Å². The van der Waals surface area contributed by atoms with Gasteiger partial charge in [0.25, 0.3) is 0 Å². The van der Waals surface area contributed by atoms with Crippen molar-refractivity contribution < 1.29 is 4.79 Å². The number of rotatable bonds is 3. The first kappa shape index (κ1) is 14.4. The summed E-state index contributed by atoms with van der Waals surface area (Å²) in [5.41, 5.74) is 1.27. The van der Waals surface area contributed by atoms with E-state index in [9.17, 15) is 4.79 Å². The summed E-state index contributed by atoms with van der Waals surface area (Å²) in [5.74, 6) is 0.271. The quantitative estimate of drug-likeness (QED) is 0.922. The summed E-state index contributed by atoms with van der Waals surface area (Å²) in [6, 6.07) is 10.9. The van der Waals surface area contributed by atoms with Crippen molar-refractivity contribution in [3.63, 3.8) is 0 Å². The van der Waals surface area contributed by atoms with Crippen molar-refractivity contribution in [2.24, 2.45) is 0 Å². The number of hydrogen-bond acceptors (Lipinski definition) is 3. The third-order valence-electron chi connectivity index (χ3n) is 4.77. The Morgan fingerprint density at radius 3 is 2.76 bits per heavy atom. The maximum atomic E-state index is 12.5. The predicted molar refractivity (Wildman–Crippen MR) is 85.5 cm³/mol. The summed E-state index contributed by atoms with van der Waals surface area (Å²) in [6.45, 7) is 3.01. The highest BCUT2D eigenvalue weighted by molar-refractivity contribution is 5.82. The summed E-state index contributed by atoms with van der Waals surface area (Å²) in [7, 11) is 1.97. The molecular weight excluding hydrogens is 262 g/mol. The van der Waals surface area contributed by atoms with Gasteiger partial charge in [-0.25, -0.2) is 0 Å². The first-order valence-electron chi connectivity index (χ1n) is 8.06. The lowest BCUT2D eigenvalue weighted by Crippen LogP contribution is -2.52. The van der Waals surface area contributed by atoms with Gasteiger partial charge < -0.3 is 15.1 Å². The third kappa shape index (κ3) is 3.21. The van der Waals surface area contributed by atoms with Crippen LogP contribution in [0, 0.1) is 0 Å². The van der Waals surface area contributed by atoms with Gasteiger partial charge >= 0.3 is 0 Å². The molecule has 2 unspecified atom stereocenters. The van der Waals surface area contributed by atoms with Gasteiger partial charge in [-0.1, -0.05) is 18.2 Å². The Labute approximate surface area is 127 Å². The topological polar surface area (TPSA) is 35.6 Å². The lowest BCUT2D eigenvalue weighted by atomic mass is 10.0. The van der Waals surface area contributed by atoms with Crippen molar-refractivity contribution in [2.45, 2.75) is 37.8 Å². The highest BCUT2D eigenvalue weighted by Gasteiger charge is 2.31. The Kier molecular flexibility index (Phi) is 4.44. The van der Waals surface area contributed by atoms with E-state index in [-0.39, 0.29) is 11.9 Å². The molecule has 1 aromatic rings. The number of likely N-dealkylation sites (N-methyl/N-ethyl adjacent to an activating group) is 1. The van der Waals surface area contributed by atoms with Crippen LogP contribution >= 0.6 is 0 Å². The molecule has 1 aromatic carbocycles. The Hall–Kier alpha value is -1.55. The molecular formula is C17H25N3O. The Morgan fingerprint density at radius 1 is 1.24 bits per heavy atom. The number of piperidine rings is 1. The highest BCUT2D eigenvalue weighted by Crippen LogP contribution is 2.22. The molecule has 2 saturated heterocycles. The van der Waals surface area contributed by atoms with Crippen LogP contribution in [0.4, 0.5) is 5.69 Å². The Bertz CT molecular complexity index is 470. The van der Waals surface area contributed by atoms with Crippen LogP contribution in [0.15, 0.2) is 30.3 Å². The molecule has 2 fully saturated rings. The molecule has 3 rings (SSSR count). The van der Waals surface area contributed by atoms with Crippen LogP contribution in [0.3, 0.4) is 0 Å². The molecule has 2 heterocycles. The minimum absolute atomic E-state index is 0.0436. The number of carbonyl (C=O) groups excluding carboxylic acids is 1. The number of carbonyl (C=O) groups is 1. The molecule has 0 bridgehead atoms. The van der Waals surface area contributed by atoms with E-state index < -0.39 is 0 Å². The van der Waals surface area contributed by atoms with E-state index in [4.69, 9.17) is 0 Å². The molecule has 2 aliphatic rings. The van der Waals surface area contributed by atoms with Crippen LogP contribution in [-0.2, 0) is 4.79 Å². The third-order valence-corrected chi connectivity index (χ3v) is 4.77. The second-order valence-electron chi connectivity index (χ2n) is 6.18. The largest absolute Gasteiger partial charge is 0.369 e. The van der Waals surface area contributed by atoms with E-state index in [1.54, 1.807) is 0 Å². The van der Waals surface area contributed by atoms with Crippen molar-refractivity contribution in [2.75, 3.05) is 31.6 Å². The Balaban J connectivity index is 1.64. The monoisotopic (exact) mass is 287 g/mol. The number of anilines is 1. The van der Waals surface area contributed by atoms with Crippen molar-refractivity contribution in [3.8, 4) is 0 Å². The fourth-order valence-corrected chi connectivity index (χ4v) is 3.47. The van der Waals surface area contributed by atoms with Gasteiger partial charge in [-0.15, -0.1) is 0 Å². The van der Waals surface area contributed by atoms with Gasteiger partial charge in [0.15, 0.2) is 0 Å². The van der Waals surface area contributed by atoms with E-state index in [2.05, 4.69) is 34.5 Å². The minimum Gasteiger partial charge on any atom is -0.369 e. The molecule has 0 saturated carbocycles. The smallest absolute Gasteiger partial charge is 0.239 e. The van der Waals surface area contributed by atoms with Crippen LogP contribution in [0.5, 0.6) is 0 Å². The van der Waals surface area contributed by atoms with E-state index in [0.29, 0.717) is 6.04 Å². The van der Waals surface area contributed by atoms with Crippen LogP contribution in [0.1, 0.15) is 25.7 Å². The second kappa shape index (κ2) is 6.48. The van der Waals surface area contributed by atoms with Gasteiger partial charge in [-0.2, -0.15) is 0 Å². The standard InChI is InChI=1S/C17H25N3O/c1-19(17(21)16-10-5-11-18-16)15-9-6-12-20(13-15)14-7-3-2-4-8-14/h2-4,7-8,15-16,18H,5-6,9-13H2,1H3. The zero-order valence-electron chi connectivity index (χ0n) is 12.8. The number of para-hydroxylation sites is 1. The predicted octanol–water partition coefficient (Wildman–Crippen LogP) is 1.87. The molecule has 21 heavy (non-hydrogen) atoms. The molecule has 2 atom stereocenters. The fourth-order valence-electron chi connectivity index (χ4n) is 3.47. The first-order chi connectivity index (χ1) is 10.3. The van der Waals surface area contributed by atoms with Crippen LogP contribution < -0.4 is 10.2 Å². The van der Waals surface area contributed by atoms with Crippen LogP contribution in [0.25, 0.3) is 0 Å². The second-order valence-corrected chi connectivity index (χ2v) is 6.18. The van der Waals surface area contributed by atoms with Crippen LogP contribution in [0.2, 0.25) is 0 Å². The molecule has 0 spiro atoms. The minimum atomic E-state index is 0.0436. The van der Waals surface area contributed by atoms with Crippen LogP contribution in [-0.4, -0.2) is 49.6 Å². The molecule has 114 valence electrons.